The largest absolute Gasteiger partial charge is 0.351 e. The van der Waals surface area contributed by atoms with Crippen molar-refractivity contribution < 1.29 is 9.47 Å². The van der Waals surface area contributed by atoms with Crippen LogP contribution < -0.4 is 0 Å². The van der Waals surface area contributed by atoms with E-state index in [1.54, 1.807) is 0 Å². The van der Waals surface area contributed by atoms with Gasteiger partial charge >= 0.3 is 0 Å². The summed E-state index contributed by atoms with van der Waals surface area (Å²) < 4.78 is 12.7. The molecule has 1 aromatic rings. The van der Waals surface area contributed by atoms with Crippen LogP contribution in [-0.4, -0.2) is 0 Å². The van der Waals surface area contributed by atoms with Gasteiger partial charge in [-0.05, 0) is 63.1 Å². The van der Waals surface area contributed by atoms with Crippen molar-refractivity contribution in [3.8, 4) is 0 Å². The average Bonchev–Trinajstić information content (AvgIpc) is 3.01. The third kappa shape index (κ3) is 0.942. The van der Waals surface area contributed by atoms with Gasteiger partial charge < -0.3 is 9.47 Å². The lowest BCUT2D eigenvalue weighted by Gasteiger charge is -2.28. The Hall–Kier alpha value is -1.38. The molecule has 0 saturated carbocycles. The molecule has 0 fully saturated rings. The van der Waals surface area contributed by atoms with Crippen molar-refractivity contribution in [1.82, 2.24) is 0 Å². The molecule has 0 saturated heterocycles. The molecule has 0 aliphatic carbocycles. The Labute approximate surface area is 119 Å². The molecule has 4 aliphatic rings. The van der Waals surface area contributed by atoms with Crippen LogP contribution in [0.3, 0.4) is 0 Å². The van der Waals surface area contributed by atoms with Crippen LogP contribution in [0.25, 0.3) is 0 Å². The molecule has 1 aromatic carbocycles. The lowest BCUT2D eigenvalue weighted by atomic mass is 9.72. The molecule has 0 aromatic heterocycles. The zero-order valence-electron chi connectivity index (χ0n) is 12.3. The van der Waals surface area contributed by atoms with E-state index in [1.807, 2.05) is 0 Å². The fourth-order valence-electron chi connectivity index (χ4n) is 4.67. The van der Waals surface area contributed by atoms with Gasteiger partial charge in [0.15, 0.2) is 0 Å². The van der Waals surface area contributed by atoms with Gasteiger partial charge in [0.1, 0.15) is 22.4 Å². The van der Waals surface area contributed by atoms with Crippen LogP contribution in [0.15, 0.2) is 36.4 Å². The zero-order valence-corrected chi connectivity index (χ0v) is 12.3. The van der Waals surface area contributed by atoms with Crippen molar-refractivity contribution in [2.24, 2.45) is 0 Å². The highest BCUT2D eigenvalue weighted by atomic mass is 16.5. The first kappa shape index (κ1) is 11.3. The van der Waals surface area contributed by atoms with Gasteiger partial charge in [-0.2, -0.15) is 0 Å². The molecule has 2 nitrogen and oxygen atoms in total. The van der Waals surface area contributed by atoms with Gasteiger partial charge in [0.05, 0.1) is 0 Å². The Kier molecular flexibility index (Phi) is 1.51. The SMILES string of the molecule is CC12C=CC(C)(O1)c1c2ccc2c1C1(C)C=CC2(C)O1. The van der Waals surface area contributed by atoms with E-state index in [-0.39, 0.29) is 22.4 Å². The number of fused-ring (bicyclic) bond motifs is 11. The van der Waals surface area contributed by atoms with Gasteiger partial charge in [-0.1, -0.05) is 12.1 Å². The summed E-state index contributed by atoms with van der Waals surface area (Å²) in [5.41, 5.74) is 4.09. The minimum absolute atomic E-state index is 0.276. The second-order valence-corrected chi connectivity index (χ2v) is 7.21. The molecule has 4 bridgehead atoms. The highest BCUT2D eigenvalue weighted by molar-refractivity contribution is 5.63. The quantitative estimate of drug-likeness (QED) is 0.666. The van der Waals surface area contributed by atoms with E-state index < -0.39 is 0 Å². The Morgan fingerprint density at radius 3 is 1.35 bits per heavy atom. The van der Waals surface area contributed by atoms with Crippen LogP contribution in [0.1, 0.15) is 49.9 Å². The van der Waals surface area contributed by atoms with Gasteiger partial charge in [0.25, 0.3) is 0 Å². The summed E-state index contributed by atoms with van der Waals surface area (Å²) in [6, 6.07) is 4.46. The molecule has 2 heteroatoms. The zero-order chi connectivity index (χ0) is 14.0. The number of hydrogen-bond acceptors (Lipinski definition) is 2. The van der Waals surface area contributed by atoms with E-state index in [0.29, 0.717) is 0 Å². The van der Waals surface area contributed by atoms with E-state index in [1.165, 1.54) is 22.3 Å². The van der Waals surface area contributed by atoms with Crippen molar-refractivity contribution in [3.63, 3.8) is 0 Å². The molecule has 4 aliphatic heterocycles. The topological polar surface area (TPSA) is 18.5 Å². The average molecular weight is 266 g/mol. The van der Waals surface area contributed by atoms with E-state index in [4.69, 9.17) is 9.47 Å². The van der Waals surface area contributed by atoms with Crippen LogP contribution in [0.2, 0.25) is 0 Å². The van der Waals surface area contributed by atoms with Crippen molar-refractivity contribution >= 4 is 0 Å². The Morgan fingerprint density at radius 1 is 0.600 bits per heavy atom. The molecular weight excluding hydrogens is 248 g/mol. The van der Waals surface area contributed by atoms with Crippen molar-refractivity contribution in [1.29, 1.82) is 0 Å². The minimum atomic E-state index is -0.309. The lowest BCUT2D eigenvalue weighted by Crippen LogP contribution is -2.25. The maximum atomic E-state index is 6.34. The van der Waals surface area contributed by atoms with Crippen LogP contribution >= 0.6 is 0 Å². The molecule has 0 amide bonds. The first-order valence-corrected chi connectivity index (χ1v) is 7.30. The lowest BCUT2D eigenvalue weighted by molar-refractivity contribution is -0.0583. The van der Waals surface area contributed by atoms with E-state index in [2.05, 4.69) is 64.1 Å². The minimum Gasteiger partial charge on any atom is -0.351 e. The van der Waals surface area contributed by atoms with E-state index in [9.17, 15) is 0 Å². The van der Waals surface area contributed by atoms with Crippen LogP contribution in [0, 0.1) is 0 Å². The molecular formula is C18H18O2. The monoisotopic (exact) mass is 266 g/mol. The van der Waals surface area contributed by atoms with Crippen molar-refractivity contribution in [3.05, 3.63) is 58.7 Å². The Morgan fingerprint density at radius 2 is 0.950 bits per heavy atom. The fourth-order valence-corrected chi connectivity index (χ4v) is 4.67. The third-order valence-corrected chi connectivity index (χ3v) is 5.55. The van der Waals surface area contributed by atoms with E-state index in [0.717, 1.165) is 0 Å². The molecule has 4 heterocycles. The standard InChI is InChI=1S/C18H18O2/c1-15-7-9-17(3,19-15)13-11(15)5-6-12-14(13)18(4)10-8-16(12,2)20-18/h5-10H,1-4H3. The van der Waals surface area contributed by atoms with Crippen LogP contribution in [0.5, 0.6) is 0 Å². The number of ether oxygens (including phenoxy) is 2. The highest BCUT2D eigenvalue weighted by Crippen LogP contribution is 2.62. The Bertz CT molecular complexity index is 683. The first-order valence-electron chi connectivity index (χ1n) is 7.30. The summed E-state index contributed by atoms with van der Waals surface area (Å²) in [6.07, 6.45) is 8.79. The highest BCUT2D eigenvalue weighted by Gasteiger charge is 2.59. The second kappa shape index (κ2) is 2.68. The predicted molar refractivity (Wildman–Crippen MR) is 76.3 cm³/mol. The van der Waals surface area contributed by atoms with Crippen LogP contribution in [0.4, 0.5) is 0 Å². The molecule has 5 rings (SSSR count). The predicted octanol–water partition coefficient (Wildman–Crippen LogP) is 3.75. The molecule has 0 spiro atoms. The van der Waals surface area contributed by atoms with Gasteiger partial charge in [0, 0.05) is 11.1 Å². The number of benzene rings is 1. The van der Waals surface area contributed by atoms with Gasteiger partial charge in [-0.3, -0.25) is 0 Å². The van der Waals surface area contributed by atoms with Gasteiger partial charge in [-0.15, -0.1) is 0 Å². The summed E-state index contributed by atoms with van der Waals surface area (Å²) in [5.74, 6) is 0. The number of rotatable bonds is 0. The van der Waals surface area contributed by atoms with Crippen molar-refractivity contribution in [2.45, 2.75) is 50.1 Å². The van der Waals surface area contributed by atoms with Crippen molar-refractivity contribution in [2.75, 3.05) is 0 Å². The Balaban J connectivity index is 1.92. The van der Waals surface area contributed by atoms with E-state index >= 15 is 0 Å². The summed E-state index contributed by atoms with van der Waals surface area (Å²) in [4.78, 5) is 0. The molecule has 0 radical (unpaired) electrons. The first-order chi connectivity index (χ1) is 9.30. The molecule has 4 unspecified atom stereocenters. The maximum Gasteiger partial charge on any atom is 0.111 e. The molecule has 4 atom stereocenters. The summed E-state index contributed by atoms with van der Waals surface area (Å²) in [5, 5.41) is 0. The third-order valence-electron chi connectivity index (χ3n) is 5.55. The smallest absolute Gasteiger partial charge is 0.111 e. The molecule has 102 valence electrons. The van der Waals surface area contributed by atoms with Crippen LogP contribution in [-0.2, 0) is 31.9 Å². The number of hydrogen-bond donors (Lipinski definition) is 0. The summed E-state index contributed by atoms with van der Waals surface area (Å²) in [7, 11) is 0. The molecule has 0 N–H and O–H groups in total. The summed E-state index contributed by atoms with van der Waals surface area (Å²) in [6.45, 7) is 8.65. The van der Waals surface area contributed by atoms with Gasteiger partial charge in [-0.25, -0.2) is 0 Å². The fraction of sp³-hybridized carbons (Fsp3) is 0.444. The summed E-state index contributed by atoms with van der Waals surface area (Å²) >= 11 is 0. The molecule has 20 heavy (non-hydrogen) atoms. The van der Waals surface area contributed by atoms with Gasteiger partial charge in [0.2, 0.25) is 0 Å². The normalized spacial score (nSPS) is 49.0. The second-order valence-electron chi connectivity index (χ2n) is 7.21. The maximum absolute atomic E-state index is 6.34.